The van der Waals surface area contributed by atoms with Crippen LogP contribution in [0.2, 0.25) is 5.02 Å². The molecule has 0 aliphatic heterocycles. The molecule has 106 valence electrons. The molecule has 0 bridgehead atoms. The summed E-state index contributed by atoms with van der Waals surface area (Å²) in [6.45, 7) is 3.00. The molecule has 0 radical (unpaired) electrons. The fourth-order valence-corrected chi connectivity index (χ4v) is 3.44. The van der Waals surface area contributed by atoms with Crippen molar-refractivity contribution in [3.8, 4) is 0 Å². The number of hydrogen-bond acceptors (Lipinski definition) is 1. The van der Waals surface area contributed by atoms with Gasteiger partial charge >= 0.3 is 0 Å². The third-order valence-corrected chi connectivity index (χ3v) is 4.92. The van der Waals surface area contributed by atoms with E-state index in [9.17, 15) is 4.39 Å². The second-order valence-electron chi connectivity index (χ2n) is 5.80. The second-order valence-corrected chi connectivity index (χ2v) is 6.20. The lowest BCUT2D eigenvalue weighted by atomic mass is 9.71. The van der Waals surface area contributed by atoms with E-state index in [1.165, 1.54) is 25.7 Å². The Morgan fingerprint density at radius 2 is 2.11 bits per heavy atom. The van der Waals surface area contributed by atoms with Crippen molar-refractivity contribution in [1.82, 2.24) is 0 Å². The minimum absolute atomic E-state index is 0.203. The van der Waals surface area contributed by atoms with Crippen molar-refractivity contribution in [2.75, 3.05) is 6.54 Å². The Morgan fingerprint density at radius 1 is 1.32 bits per heavy atom. The highest BCUT2D eigenvalue weighted by molar-refractivity contribution is 6.30. The zero-order valence-corrected chi connectivity index (χ0v) is 12.3. The first-order valence-corrected chi connectivity index (χ1v) is 7.65. The van der Waals surface area contributed by atoms with E-state index in [1.807, 2.05) is 6.07 Å². The van der Waals surface area contributed by atoms with Crippen LogP contribution in [0.1, 0.15) is 38.2 Å². The van der Waals surface area contributed by atoms with Crippen LogP contribution < -0.4 is 5.73 Å². The van der Waals surface area contributed by atoms with Gasteiger partial charge in [-0.2, -0.15) is 0 Å². The molecule has 1 aliphatic rings. The topological polar surface area (TPSA) is 26.0 Å². The monoisotopic (exact) mass is 283 g/mol. The van der Waals surface area contributed by atoms with E-state index in [4.69, 9.17) is 17.3 Å². The molecule has 2 N–H and O–H groups in total. The Balaban J connectivity index is 2.07. The molecule has 3 atom stereocenters. The van der Waals surface area contributed by atoms with E-state index in [0.717, 1.165) is 24.4 Å². The summed E-state index contributed by atoms with van der Waals surface area (Å²) in [5.41, 5.74) is 6.94. The molecule has 3 heteroatoms. The van der Waals surface area contributed by atoms with Gasteiger partial charge in [-0.15, -0.1) is 0 Å². The molecular weight excluding hydrogens is 261 g/mol. The minimum atomic E-state index is -0.314. The van der Waals surface area contributed by atoms with E-state index < -0.39 is 0 Å². The van der Waals surface area contributed by atoms with E-state index >= 15 is 0 Å². The number of nitrogens with two attached hydrogens (primary N) is 1. The smallest absolute Gasteiger partial charge is 0.142 e. The molecular formula is C16H23ClFN. The van der Waals surface area contributed by atoms with Crippen LogP contribution in [0, 0.1) is 23.6 Å². The maximum atomic E-state index is 13.5. The average molecular weight is 284 g/mol. The zero-order chi connectivity index (χ0) is 13.8. The molecule has 0 heterocycles. The molecule has 3 unspecified atom stereocenters. The number of hydrogen-bond donors (Lipinski definition) is 1. The summed E-state index contributed by atoms with van der Waals surface area (Å²) in [4.78, 5) is 0. The van der Waals surface area contributed by atoms with Gasteiger partial charge in [-0.1, -0.05) is 37.4 Å². The molecule has 1 nitrogen and oxygen atoms in total. The predicted molar refractivity (Wildman–Crippen MR) is 78.8 cm³/mol. The molecule has 2 rings (SSSR count). The lowest BCUT2D eigenvalue weighted by molar-refractivity contribution is 0.180. The van der Waals surface area contributed by atoms with E-state index in [1.54, 1.807) is 12.1 Å². The maximum absolute atomic E-state index is 13.5. The lowest BCUT2D eigenvalue weighted by Crippen LogP contribution is -2.31. The van der Waals surface area contributed by atoms with E-state index in [2.05, 4.69) is 6.92 Å². The minimum Gasteiger partial charge on any atom is -0.330 e. The Morgan fingerprint density at radius 3 is 2.74 bits per heavy atom. The highest BCUT2D eigenvalue weighted by Gasteiger charge is 2.28. The van der Waals surface area contributed by atoms with Crippen molar-refractivity contribution in [3.05, 3.63) is 34.6 Å². The van der Waals surface area contributed by atoms with Crippen LogP contribution in [0.15, 0.2) is 18.2 Å². The molecule has 1 fully saturated rings. The molecule has 1 aromatic rings. The number of rotatable bonds is 4. The summed E-state index contributed by atoms with van der Waals surface area (Å²) < 4.78 is 13.5. The Bertz CT molecular complexity index is 421. The van der Waals surface area contributed by atoms with Crippen molar-refractivity contribution in [2.24, 2.45) is 23.5 Å². The highest BCUT2D eigenvalue weighted by Crippen LogP contribution is 2.37. The first-order valence-electron chi connectivity index (χ1n) is 7.28. The fourth-order valence-electron chi connectivity index (χ4n) is 3.32. The van der Waals surface area contributed by atoms with Gasteiger partial charge in [0.15, 0.2) is 0 Å². The summed E-state index contributed by atoms with van der Waals surface area (Å²) in [7, 11) is 0. The van der Waals surface area contributed by atoms with Crippen LogP contribution in [-0.2, 0) is 6.42 Å². The second kappa shape index (κ2) is 6.71. The van der Waals surface area contributed by atoms with Crippen LogP contribution in [0.3, 0.4) is 0 Å². The normalized spacial score (nSPS) is 27.5. The Labute approximate surface area is 120 Å². The maximum Gasteiger partial charge on any atom is 0.142 e. The van der Waals surface area contributed by atoms with Crippen molar-refractivity contribution in [1.29, 1.82) is 0 Å². The van der Waals surface area contributed by atoms with Crippen LogP contribution in [0.5, 0.6) is 0 Å². The van der Waals surface area contributed by atoms with Crippen molar-refractivity contribution >= 4 is 11.6 Å². The van der Waals surface area contributed by atoms with Crippen LogP contribution in [0.4, 0.5) is 4.39 Å². The summed E-state index contributed by atoms with van der Waals surface area (Å²) in [5, 5.41) is 0.203. The standard InChI is InChI=1S/C16H23ClFN/c1-2-11-3-5-13(10-19)14(7-11)8-12-4-6-15(17)16(18)9-12/h4,6,9,11,13-14H,2-3,5,7-8,10,19H2,1H3. The van der Waals surface area contributed by atoms with E-state index in [0.29, 0.717) is 11.8 Å². The molecule has 0 spiro atoms. The molecule has 0 aromatic heterocycles. The summed E-state index contributed by atoms with van der Waals surface area (Å²) in [6, 6.07) is 5.17. The first kappa shape index (κ1) is 14.8. The van der Waals surface area contributed by atoms with Gasteiger partial charge in [0.05, 0.1) is 5.02 Å². The summed E-state index contributed by atoms with van der Waals surface area (Å²) >= 11 is 5.73. The summed E-state index contributed by atoms with van der Waals surface area (Å²) in [5.74, 6) is 1.67. The van der Waals surface area contributed by atoms with Crippen LogP contribution >= 0.6 is 11.6 Å². The number of benzene rings is 1. The Kier molecular flexibility index (Phi) is 5.23. The van der Waals surface area contributed by atoms with Crippen molar-refractivity contribution in [3.63, 3.8) is 0 Å². The average Bonchev–Trinajstić information content (AvgIpc) is 2.43. The predicted octanol–water partition coefficient (Wildman–Crippen LogP) is 4.42. The largest absolute Gasteiger partial charge is 0.330 e. The fraction of sp³-hybridized carbons (Fsp3) is 0.625. The van der Waals surface area contributed by atoms with Gasteiger partial charge in [0.1, 0.15) is 5.82 Å². The van der Waals surface area contributed by atoms with Gasteiger partial charge in [0.2, 0.25) is 0 Å². The van der Waals surface area contributed by atoms with Gasteiger partial charge in [-0.25, -0.2) is 4.39 Å². The van der Waals surface area contributed by atoms with Gasteiger partial charge in [-0.3, -0.25) is 0 Å². The van der Waals surface area contributed by atoms with E-state index in [-0.39, 0.29) is 10.8 Å². The van der Waals surface area contributed by atoms with Gasteiger partial charge in [0, 0.05) is 0 Å². The van der Waals surface area contributed by atoms with Crippen molar-refractivity contribution in [2.45, 2.75) is 39.0 Å². The molecule has 1 aliphatic carbocycles. The molecule has 0 saturated heterocycles. The molecule has 1 aromatic carbocycles. The lowest BCUT2D eigenvalue weighted by Gasteiger charge is -2.35. The highest BCUT2D eigenvalue weighted by atomic mass is 35.5. The quantitative estimate of drug-likeness (QED) is 0.869. The van der Waals surface area contributed by atoms with Gasteiger partial charge in [0.25, 0.3) is 0 Å². The van der Waals surface area contributed by atoms with Crippen LogP contribution in [0.25, 0.3) is 0 Å². The Hall–Kier alpha value is -0.600. The molecule has 1 saturated carbocycles. The van der Waals surface area contributed by atoms with Crippen molar-refractivity contribution < 1.29 is 4.39 Å². The third kappa shape index (κ3) is 3.70. The van der Waals surface area contributed by atoms with Gasteiger partial charge in [-0.05, 0) is 61.3 Å². The van der Waals surface area contributed by atoms with Crippen LogP contribution in [-0.4, -0.2) is 6.54 Å². The molecule has 0 amide bonds. The third-order valence-electron chi connectivity index (χ3n) is 4.61. The number of halogens is 2. The first-order chi connectivity index (χ1) is 9.13. The summed E-state index contributed by atoms with van der Waals surface area (Å²) in [6.07, 6.45) is 5.90. The SMILES string of the molecule is CCC1CCC(CN)C(Cc2ccc(Cl)c(F)c2)C1. The molecule has 19 heavy (non-hydrogen) atoms. The zero-order valence-electron chi connectivity index (χ0n) is 11.5. The van der Waals surface area contributed by atoms with Gasteiger partial charge < -0.3 is 5.73 Å².